The van der Waals surface area contributed by atoms with Crippen molar-refractivity contribution in [3.05, 3.63) is 29.3 Å². The highest BCUT2D eigenvalue weighted by Gasteiger charge is 2.16. The maximum Gasteiger partial charge on any atom is 0.254 e. The van der Waals surface area contributed by atoms with Gasteiger partial charge in [-0.2, -0.15) is 0 Å². The number of benzene rings is 1. The van der Waals surface area contributed by atoms with Crippen molar-refractivity contribution < 1.29 is 22.0 Å². The van der Waals surface area contributed by atoms with Gasteiger partial charge in [0.15, 0.2) is 0 Å². The molecule has 1 aromatic carbocycles. The minimum absolute atomic E-state index is 0.203. The van der Waals surface area contributed by atoms with Gasteiger partial charge in [0.2, 0.25) is 10.0 Å². The van der Waals surface area contributed by atoms with E-state index >= 15 is 0 Å². The Morgan fingerprint density at radius 2 is 1.95 bits per heavy atom. The molecule has 0 saturated heterocycles. The van der Waals surface area contributed by atoms with Gasteiger partial charge in [-0.3, -0.25) is 4.79 Å². The fraction of sp³-hybridized carbons (Fsp3) is 0.364. The number of anilines is 1. The van der Waals surface area contributed by atoms with Gasteiger partial charge in [0.05, 0.1) is 17.0 Å². The van der Waals surface area contributed by atoms with Gasteiger partial charge in [-0.05, 0) is 6.07 Å². The lowest BCUT2D eigenvalue weighted by Gasteiger charge is -2.08. The lowest BCUT2D eigenvalue weighted by atomic mass is 10.1. The van der Waals surface area contributed by atoms with Crippen LogP contribution in [0.4, 0.5) is 14.5 Å². The van der Waals surface area contributed by atoms with E-state index in [2.05, 4.69) is 10.0 Å². The van der Waals surface area contributed by atoms with Gasteiger partial charge < -0.3 is 11.1 Å². The Kier molecular flexibility index (Phi) is 5.40. The van der Waals surface area contributed by atoms with Crippen LogP contribution in [0.2, 0.25) is 0 Å². The SMILES string of the molecule is CCNS(=O)(=O)CCNC(=O)c1cc(N)c(F)cc1F. The van der Waals surface area contributed by atoms with Crippen molar-refractivity contribution in [3.63, 3.8) is 0 Å². The van der Waals surface area contributed by atoms with Gasteiger partial charge >= 0.3 is 0 Å². The maximum atomic E-state index is 13.4. The summed E-state index contributed by atoms with van der Waals surface area (Å²) >= 11 is 0. The number of carbonyl (C=O) groups is 1. The normalized spacial score (nSPS) is 11.3. The fourth-order valence-corrected chi connectivity index (χ4v) is 2.38. The van der Waals surface area contributed by atoms with E-state index in [1.165, 1.54) is 0 Å². The van der Waals surface area contributed by atoms with Crippen LogP contribution in [0.3, 0.4) is 0 Å². The predicted molar refractivity (Wildman–Crippen MR) is 70.6 cm³/mol. The largest absolute Gasteiger partial charge is 0.396 e. The maximum absolute atomic E-state index is 13.4. The Hall–Kier alpha value is -1.74. The summed E-state index contributed by atoms with van der Waals surface area (Å²) in [4.78, 5) is 11.6. The number of amides is 1. The third-order valence-electron chi connectivity index (χ3n) is 2.35. The number of nitrogen functional groups attached to an aromatic ring is 1. The lowest BCUT2D eigenvalue weighted by molar-refractivity contribution is 0.0952. The first-order valence-electron chi connectivity index (χ1n) is 5.77. The molecule has 1 aromatic rings. The molecular weight excluding hydrogens is 292 g/mol. The molecule has 0 unspecified atom stereocenters. The van der Waals surface area contributed by atoms with Crippen LogP contribution in [0.15, 0.2) is 12.1 Å². The number of hydrogen-bond donors (Lipinski definition) is 3. The number of hydrogen-bond acceptors (Lipinski definition) is 4. The lowest BCUT2D eigenvalue weighted by Crippen LogP contribution is -2.34. The Morgan fingerprint density at radius 3 is 2.55 bits per heavy atom. The zero-order valence-corrected chi connectivity index (χ0v) is 11.6. The molecule has 9 heteroatoms. The van der Waals surface area contributed by atoms with E-state index < -0.39 is 33.1 Å². The van der Waals surface area contributed by atoms with E-state index in [1.54, 1.807) is 6.92 Å². The molecule has 0 saturated carbocycles. The van der Waals surface area contributed by atoms with Crippen LogP contribution in [-0.2, 0) is 10.0 Å². The van der Waals surface area contributed by atoms with E-state index in [-0.39, 0.29) is 24.5 Å². The smallest absolute Gasteiger partial charge is 0.254 e. The van der Waals surface area contributed by atoms with Crippen molar-refractivity contribution in [1.82, 2.24) is 10.0 Å². The molecule has 0 bridgehead atoms. The summed E-state index contributed by atoms with van der Waals surface area (Å²) in [5, 5.41) is 2.22. The Labute approximate surface area is 115 Å². The first kappa shape index (κ1) is 16.3. The third-order valence-corrected chi connectivity index (χ3v) is 3.82. The van der Waals surface area contributed by atoms with Crippen LogP contribution in [0, 0.1) is 11.6 Å². The summed E-state index contributed by atoms with van der Waals surface area (Å²) in [7, 11) is -3.48. The molecule has 4 N–H and O–H groups in total. The predicted octanol–water partition coefficient (Wildman–Crippen LogP) is 0.216. The van der Waals surface area contributed by atoms with Gasteiger partial charge in [0.1, 0.15) is 11.6 Å². The molecule has 0 aliphatic carbocycles. The average molecular weight is 307 g/mol. The van der Waals surface area contributed by atoms with Crippen molar-refractivity contribution in [2.45, 2.75) is 6.92 Å². The zero-order valence-electron chi connectivity index (χ0n) is 10.7. The van der Waals surface area contributed by atoms with E-state index in [0.29, 0.717) is 6.07 Å². The summed E-state index contributed by atoms with van der Waals surface area (Å²) in [6.45, 7) is 1.65. The minimum atomic E-state index is -3.48. The van der Waals surface area contributed by atoms with Crippen LogP contribution < -0.4 is 15.8 Å². The highest BCUT2D eigenvalue weighted by Crippen LogP contribution is 2.16. The Balaban J connectivity index is 2.67. The summed E-state index contributed by atoms with van der Waals surface area (Å²) < 4.78 is 51.2. The van der Waals surface area contributed by atoms with Crippen molar-refractivity contribution in [1.29, 1.82) is 0 Å². The molecule has 0 atom stereocenters. The monoisotopic (exact) mass is 307 g/mol. The number of nitrogens with two attached hydrogens (primary N) is 1. The second-order valence-corrected chi connectivity index (χ2v) is 5.85. The molecule has 0 spiro atoms. The second kappa shape index (κ2) is 6.62. The summed E-state index contributed by atoms with van der Waals surface area (Å²) in [6.07, 6.45) is 0. The van der Waals surface area contributed by atoms with Gasteiger partial charge in [-0.15, -0.1) is 0 Å². The van der Waals surface area contributed by atoms with Crippen LogP contribution in [0.25, 0.3) is 0 Å². The zero-order chi connectivity index (χ0) is 15.3. The molecule has 0 fully saturated rings. The van der Waals surface area contributed by atoms with E-state index in [9.17, 15) is 22.0 Å². The molecule has 0 aromatic heterocycles. The fourth-order valence-electron chi connectivity index (χ4n) is 1.43. The molecular formula is C11H15F2N3O3S. The highest BCUT2D eigenvalue weighted by atomic mass is 32.2. The molecule has 1 rings (SSSR count). The molecule has 1 amide bonds. The van der Waals surface area contributed by atoms with Crippen LogP contribution in [0.1, 0.15) is 17.3 Å². The van der Waals surface area contributed by atoms with E-state index in [1.807, 2.05) is 0 Å². The summed E-state index contributed by atoms with van der Waals surface area (Å²) in [6, 6.07) is 1.36. The molecule has 0 radical (unpaired) electrons. The highest BCUT2D eigenvalue weighted by molar-refractivity contribution is 7.89. The summed E-state index contributed by atoms with van der Waals surface area (Å²) in [5.41, 5.74) is 4.43. The van der Waals surface area contributed by atoms with Gasteiger partial charge in [-0.1, -0.05) is 6.92 Å². The number of nitrogens with one attached hydrogen (secondary N) is 2. The quantitative estimate of drug-likeness (QED) is 0.654. The van der Waals surface area contributed by atoms with Crippen LogP contribution in [0.5, 0.6) is 0 Å². The number of halogens is 2. The topological polar surface area (TPSA) is 101 Å². The van der Waals surface area contributed by atoms with Gasteiger partial charge in [-0.25, -0.2) is 21.9 Å². The standard InChI is InChI=1S/C11H15F2N3O3S/c1-2-16-20(18,19)4-3-15-11(17)7-5-10(14)9(13)6-8(7)12/h5-6,16H,2-4,14H2,1H3,(H,15,17). The first-order valence-corrected chi connectivity index (χ1v) is 7.42. The number of carbonyl (C=O) groups excluding carboxylic acids is 1. The second-order valence-electron chi connectivity index (χ2n) is 3.93. The molecule has 0 aliphatic rings. The third kappa shape index (κ3) is 4.42. The molecule has 20 heavy (non-hydrogen) atoms. The number of sulfonamides is 1. The van der Waals surface area contributed by atoms with Crippen molar-refractivity contribution >= 4 is 21.6 Å². The Morgan fingerprint density at radius 1 is 1.30 bits per heavy atom. The van der Waals surface area contributed by atoms with Crippen molar-refractivity contribution in [3.8, 4) is 0 Å². The molecule has 0 heterocycles. The van der Waals surface area contributed by atoms with Crippen molar-refractivity contribution in [2.75, 3.05) is 24.6 Å². The van der Waals surface area contributed by atoms with E-state index in [0.717, 1.165) is 6.07 Å². The minimum Gasteiger partial charge on any atom is -0.396 e. The average Bonchev–Trinajstić information content (AvgIpc) is 2.33. The van der Waals surface area contributed by atoms with Crippen LogP contribution >= 0.6 is 0 Å². The van der Waals surface area contributed by atoms with E-state index in [4.69, 9.17) is 5.73 Å². The van der Waals surface area contributed by atoms with Crippen molar-refractivity contribution in [2.24, 2.45) is 0 Å². The Bertz CT molecular complexity index is 605. The molecule has 6 nitrogen and oxygen atoms in total. The van der Waals surface area contributed by atoms with Crippen LogP contribution in [-0.4, -0.2) is 33.2 Å². The van der Waals surface area contributed by atoms with Gasteiger partial charge in [0.25, 0.3) is 5.91 Å². The first-order chi connectivity index (χ1) is 9.26. The van der Waals surface area contributed by atoms with Gasteiger partial charge in [0, 0.05) is 19.2 Å². The molecule has 112 valence electrons. The number of rotatable bonds is 6. The molecule has 0 aliphatic heterocycles. The summed E-state index contributed by atoms with van der Waals surface area (Å²) in [5.74, 6) is -3.23.